The van der Waals surface area contributed by atoms with Gasteiger partial charge >= 0.3 is 6.18 Å². The summed E-state index contributed by atoms with van der Waals surface area (Å²) in [7, 11) is 1.73. The van der Waals surface area contributed by atoms with Crippen LogP contribution < -0.4 is 5.32 Å². The molecule has 0 bridgehead atoms. The number of hydrogen-bond donors (Lipinski definition) is 1. The number of alkyl halides is 3. The van der Waals surface area contributed by atoms with E-state index >= 15 is 0 Å². The molecule has 0 aliphatic heterocycles. The summed E-state index contributed by atoms with van der Waals surface area (Å²) >= 11 is 0. The molecule has 0 aromatic carbocycles. The molecule has 1 aliphatic carbocycles. The lowest BCUT2D eigenvalue weighted by Gasteiger charge is -2.30. The van der Waals surface area contributed by atoms with E-state index in [0.717, 1.165) is 6.42 Å². The van der Waals surface area contributed by atoms with Crippen molar-refractivity contribution in [2.24, 2.45) is 5.92 Å². The SMILES string of the molecule is CNC1CCCC(C(F)(F)F)C1. The lowest BCUT2D eigenvalue weighted by Crippen LogP contribution is -2.36. The highest BCUT2D eigenvalue weighted by atomic mass is 19.4. The van der Waals surface area contributed by atoms with Gasteiger partial charge in [0.2, 0.25) is 0 Å². The molecule has 1 N–H and O–H groups in total. The fraction of sp³-hybridized carbons (Fsp3) is 1.00. The first-order valence-corrected chi connectivity index (χ1v) is 4.28. The van der Waals surface area contributed by atoms with E-state index in [4.69, 9.17) is 0 Å². The normalized spacial score (nSPS) is 32.0. The maximum atomic E-state index is 12.2. The largest absolute Gasteiger partial charge is 0.391 e. The van der Waals surface area contributed by atoms with Gasteiger partial charge in [0.05, 0.1) is 5.92 Å². The van der Waals surface area contributed by atoms with Gasteiger partial charge < -0.3 is 5.32 Å². The Morgan fingerprint density at radius 2 is 1.92 bits per heavy atom. The second-order valence-corrected chi connectivity index (χ2v) is 3.39. The van der Waals surface area contributed by atoms with Crippen molar-refractivity contribution < 1.29 is 13.2 Å². The van der Waals surface area contributed by atoms with Crippen molar-refractivity contribution in [1.82, 2.24) is 5.32 Å². The maximum absolute atomic E-state index is 12.2. The Morgan fingerprint density at radius 1 is 1.25 bits per heavy atom. The summed E-state index contributed by atoms with van der Waals surface area (Å²) in [5.74, 6) is -1.08. The molecule has 1 fully saturated rings. The van der Waals surface area contributed by atoms with E-state index in [1.807, 2.05) is 0 Å². The summed E-state index contributed by atoms with van der Waals surface area (Å²) in [6.45, 7) is 0. The fourth-order valence-corrected chi connectivity index (χ4v) is 1.75. The van der Waals surface area contributed by atoms with E-state index in [-0.39, 0.29) is 12.5 Å². The first-order chi connectivity index (χ1) is 5.54. The number of halogens is 3. The van der Waals surface area contributed by atoms with Crippen LogP contribution in [0.2, 0.25) is 0 Å². The van der Waals surface area contributed by atoms with Crippen LogP contribution in [0.3, 0.4) is 0 Å². The maximum Gasteiger partial charge on any atom is 0.391 e. The van der Waals surface area contributed by atoms with E-state index in [2.05, 4.69) is 5.32 Å². The monoisotopic (exact) mass is 181 g/mol. The van der Waals surface area contributed by atoms with Crippen LogP contribution in [-0.2, 0) is 0 Å². The third-order valence-corrected chi connectivity index (χ3v) is 2.55. The Kier molecular flexibility index (Phi) is 2.99. The molecule has 0 aromatic rings. The summed E-state index contributed by atoms with van der Waals surface area (Å²) in [4.78, 5) is 0. The van der Waals surface area contributed by atoms with E-state index in [0.29, 0.717) is 12.8 Å². The zero-order valence-electron chi connectivity index (χ0n) is 7.12. The summed E-state index contributed by atoms with van der Waals surface area (Å²) in [5, 5.41) is 2.91. The molecule has 1 aliphatic rings. The van der Waals surface area contributed by atoms with Gasteiger partial charge in [-0.2, -0.15) is 13.2 Å². The van der Waals surface area contributed by atoms with Crippen LogP contribution in [0.5, 0.6) is 0 Å². The summed E-state index contributed by atoms with van der Waals surface area (Å²) in [6, 6.07) is 0.0605. The van der Waals surface area contributed by atoms with Gasteiger partial charge in [0, 0.05) is 6.04 Å². The highest BCUT2D eigenvalue weighted by Crippen LogP contribution is 2.37. The molecule has 0 spiro atoms. The quantitative estimate of drug-likeness (QED) is 0.654. The molecule has 4 heteroatoms. The molecule has 0 amide bonds. The minimum absolute atomic E-state index is 0.0605. The van der Waals surface area contributed by atoms with Crippen molar-refractivity contribution in [1.29, 1.82) is 0 Å². The molecular weight excluding hydrogens is 167 g/mol. The summed E-state index contributed by atoms with van der Waals surface area (Å²) < 4.78 is 36.7. The van der Waals surface area contributed by atoms with Gasteiger partial charge in [-0.1, -0.05) is 6.42 Å². The van der Waals surface area contributed by atoms with E-state index in [9.17, 15) is 13.2 Å². The van der Waals surface area contributed by atoms with E-state index < -0.39 is 12.1 Å². The molecule has 72 valence electrons. The van der Waals surface area contributed by atoms with Crippen LogP contribution in [0.25, 0.3) is 0 Å². The van der Waals surface area contributed by atoms with Crippen molar-refractivity contribution in [3.05, 3.63) is 0 Å². The Balaban J connectivity index is 2.46. The van der Waals surface area contributed by atoms with Crippen LogP contribution in [0.4, 0.5) is 13.2 Å². The van der Waals surface area contributed by atoms with E-state index in [1.54, 1.807) is 7.05 Å². The Bertz CT molecular complexity index is 144. The Morgan fingerprint density at radius 3 is 2.42 bits per heavy atom. The number of nitrogens with one attached hydrogen (secondary N) is 1. The fourth-order valence-electron chi connectivity index (χ4n) is 1.75. The van der Waals surface area contributed by atoms with Crippen LogP contribution in [-0.4, -0.2) is 19.3 Å². The first kappa shape index (κ1) is 9.84. The minimum Gasteiger partial charge on any atom is -0.317 e. The van der Waals surface area contributed by atoms with Gasteiger partial charge in [-0.25, -0.2) is 0 Å². The third-order valence-electron chi connectivity index (χ3n) is 2.55. The lowest BCUT2D eigenvalue weighted by molar-refractivity contribution is -0.183. The van der Waals surface area contributed by atoms with Crippen molar-refractivity contribution in [3.63, 3.8) is 0 Å². The molecule has 1 rings (SSSR count). The second-order valence-electron chi connectivity index (χ2n) is 3.39. The molecule has 2 atom stereocenters. The molecule has 1 saturated carbocycles. The molecule has 0 radical (unpaired) electrons. The van der Waals surface area contributed by atoms with Gasteiger partial charge in [0.15, 0.2) is 0 Å². The average Bonchev–Trinajstić information content (AvgIpc) is 2.03. The molecule has 1 nitrogen and oxygen atoms in total. The van der Waals surface area contributed by atoms with Crippen molar-refractivity contribution >= 4 is 0 Å². The Hall–Kier alpha value is -0.250. The van der Waals surface area contributed by atoms with Crippen molar-refractivity contribution in [2.75, 3.05) is 7.05 Å². The highest BCUT2D eigenvalue weighted by Gasteiger charge is 2.41. The predicted molar refractivity (Wildman–Crippen MR) is 40.9 cm³/mol. The zero-order valence-corrected chi connectivity index (χ0v) is 7.12. The number of hydrogen-bond acceptors (Lipinski definition) is 1. The lowest BCUT2D eigenvalue weighted by atomic mass is 9.85. The number of rotatable bonds is 1. The zero-order chi connectivity index (χ0) is 9.19. The molecule has 0 saturated heterocycles. The molecule has 2 unspecified atom stereocenters. The predicted octanol–water partition coefficient (Wildman–Crippen LogP) is 2.33. The average molecular weight is 181 g/mol. The van der Waals surface area contributed by atoms with Gasteiger partial charge in [-0.05, 0) is 26.3 Å². The van der Waals surface area contributed by atoms with Gasteiger partial charge in [0.1, 0.15) is 0 Å². The Labute approximate surface area is 70.3 Å². The smallest absolute Gasteiger partial charge is 0.317 e. The van der Waals surface area contributed by atoms with Crippen molar-refractivity contribution in [2.45, 2.75) is 37.9 Å². The summed E-state index contributed by atoms with van der Waals surface area (Å²) in [5.41, 5.74) is 0. The van der Waals surface area contributed by atoms with E-state index in [1.165, 1.54) is 0 Å². The van der Waals surface area contributed by atoms with Gasteiger partial charge in [-0.15, -0.1) is 0 Å². The minimum atomic E-state index is -3.99. The van der Waals surface area contributed by atoms with Crippen LogP contribution >= 0.6 is 0 Å². The van der Waals surface area contributed by atoms with Gasteiger partial charge in [0.25, 0.3) is 0 Å². The second kappa shape index (κ2) is 3.64. The first-order valence-electron chi connectivity index (χ1n) is 4.28. The highest BCUT2D eigenvalue weighted by molar-refractivity contribution is 4.80. The standard InChI is InChI=1S/C8H14F3N/c1-12-7-4-2-3-6(5-7)8(9,10)11/h6-7,12H,2-5H2,1H3. The van der Waals surface area contributed by atoms with Crippen LogP contribution in [0.15, 0.2) is 0 Å². The summed E-state index contributed by atoms with van der Waals surface area (Å²) in [6.07, 6.45) is -1.87. The molecule has 0 aromatic heterocycles. The van der Waals surface area contributed by atoms with Crippen LogP contribution in [0, 0.1) is 5.92 Å². The molecule has 0 heterocycles. The van der Waals surface area contributed by atoms with Crippen molar-refractivity contribution in [3.8, 4) is 0 Å². The molecule has 12 heavy (non-hydrogen) atoms. The third kappa shape index (κ3) is 2.37. The topological polar surface area (TPSA) is 12.0 Å². The van der Waals surface area contributed by atoms with Crippen LogP contribution in [0.1, 0.15) is 25.7 Å². The van der Waals surface area contributed by atoms with Gasteiger partial charge in [-0.3, -0.25) is 0 Å². The molecular formula is C8H14F3N.